The molecule has 0 unspecified atom stereocenters. The van der Waals surface area contributed by atoms with Crippen LogP contribution in [0.25, 0.3) is 0 Å². The van der Waals surface area contributed by atoms with E-state index in [4.69, 9.17) is 9.84 Å². The fourth-order valence-corrected chi connectivity index (χ4v) is 3.24. The lowest BCUT2D eigenvalue weighted by Crippen LogP contribution is -2.34. The number of carboxylic acids is 1. The third-order valence-corrected chi connectivity index (χ3v) is 4.64. The SMILES string of the molecule is COc1cccc2c1CCN(C(=O)Cc1ccc(C(=O)O)cc1)CC2. The van der Waals surface area contributed by atoms with Crippen molar-refractivity contribution >= 4 is 11.9 Å². The van der Waals surface area contributed by atoms with E-state index in [2.05, 4.69) is 6.07 Å². The Bertz CT molecular complexity index is 783. The molecule has 0 radical (unpaired) electrons. The second-order valence-corrected chi connectivity index (χ2v) is 6.16. The molecule has 0 aromatic heterocycles. The molecule has 0 saturated heterocycles. The van der Waals surface area contributed by atoms with Gasteiger partial charge in [-0.2, -0.15) is 0 Å². The number of rotatable bonds is 4. The van der Waals surface area contributed by atoms with Crippen LogP contribution in [0.3, 0.4) is 0 Å². The zero-order chi connectivity index (χ0) is 17.8. The van der Waals surface area contributed by atoms with Crippen LogP contribution < -0.4 is 4.74 Å². The lowest BCUT2D eigenvalue weighted by atomic mass is 10.0. The highest BCUT2D eigenvalue weighted by Gasteiger charge is 2.20. The Balaban J connectivity index is 1.67. The normalized spacial score (nSPS) is 13.7. The van der Waals surface area contributed by atoms with Crippen LogP contribution in [-0.2, 0) is 24.1 Å². The van der Waals surface area contributed by atoms with Crippen LogP contribution in [0.1, 0.15) is 27.0 Å². The molecular weight excluding hydrogens is 318 g/mol. The molecule has 0 atom stereocenters. The van der Waals surface area contributed by atoms with E-state index < -0.39 is 5.97 Å². The summed E-state index contributed by atoms with van der Waals surface area (Å²) in [5, 5.41) is 8.94. The van der Waals surface area contributed by atoms with Crippen LogP contribution in [0, 0.1) is 0 Å². The van der Waals surface area contributed by atoms with Gasteiger partial charge in [0.25, 0.3) is 0 Å². The Hall–Kier alpha value is -2.82. The summed E-state index contributed by atoms with van der Waals surface area (Å²) in [4.78, 5) is 25.4. The number of fused-ring (bicyclic) bond motifs is 1. The van der Waals surface area contributed by atoms with Crippen LogP contribution in [0.4, 0.5) is 0 Å². The number of aromatic carboxylic acids is 1. The minimum Gasteiger partial charge on any atom is -0.496 e. The predicted molar refractivity (Wildman–Crippen MR) is 94.1 cm³/mol. The minimum absolute atomic E-state index is 0.0647. The average molecular weight is 339 g/mol. The Morgan fingerprint density at radius 3 is 2.48 bits per heavy atom. The second kappa shape index (κ2) is 7.38. The van der Waals surface area contributed by atoms with Gasteiger partial charge in [0.1, 0.15) is 5.75 Å². The van der Waals surface area contributed by atoms with E-state index in [1.54, 1.807) is 19.2 Å². The number of carbonyl (C=O) groups excluding carboxylic acids is 1. The van der Waals surface area contributed by atoms with E-state index in [0.29, 0.717) is 13.1 Å². The summed E-state index contributed by atoms with van der Waals surface area (Å²) >= 11 is 0. The van der Waals surface area contributed by atoms with Gasteiger partial charge in [-0.1, -0.05) is 24.3 Å². The van der Waals surface area contributed by atoms with Gasteiger partial charge in [0.15, 0.2) is 0 Å². The summed E-state index contributed by atoms with van der Waals surface area (Å²) in [5.74, 6) is -0.0111. The van der Waals surface area contributed by atoms with E-state index in [-0.39, 0.29) is 17.9 Å². The zero-order valence-corrected chi connectivity index (χ0v) is 14.2. The fourth-order valence-electron chi connectivity index (χ4n) is 3.24. The number of ether oxygens (including phenoxy) is 1. The highest BCUT2D eigenvalue weighted by molar-refractivity contribution is 5.87. The lowest BCUT2D eigenvalue weighted by Gasteiger charge is -2.20. The summed E-state index contributed by atoms with van der Waals surface area (Å²) < 4.78 is 5.44. The first-order chi connectivity index (χ1) is 12.1. The summed E-state index contributed by atoms with van der Waals surface area (Å²) in [6, 6.07) is 12.5. The van der Waals surface area contributed by atoms with Gasteiger partial charge in [-0.3, -0.25) is 4.79 Å². The van der Waals surface area contributed by atoms with Gasteiger partial charge in [0.05, 0.1) is 19.1 Å². The van der Waals surface area contributed by atoms with Crippen LogP contribution in [0.15, 0.2) is 42.5 Å². The molecule has 1 N–H and O–H groups in total. The maximum atomic E-state index is 12.6. The molecule has 3 rings (SSSR count). The third kappa shape index (κ3) is 3.82. The summed E-state index contributed by atoms with van der Waals surface area (Å²) in [6.07, 6.45) is 1.88. The highest BCUT2D eigenvalue weighted by atomic mass is 16.5. The van der Waals surface area contributed by atoms with E-state index in [1.165, 1.54) is 23.3 Å². The Kier molecular flexibility index (Phi) is 5.03. The summed E-state index contributed by atoms with van der Waals surface area (Å²) in [6.45, 7) is 1.35. The zero-order valence-electron chi connectivity index (χ0n) is 14.2. The van der Waals surface area contributed by atoms with Crippen LogP contribution in [0.5, 0.6) is 5.75 Å². The van der Waals surface area contributed by atoms with Gasteiger partial charge in [-0.15, -0.1) is 0 Å². The molecule has 1 amide bonds. The minimum atomic E-state index is -0.961. The van der Waals surface area contributed by atoms with Crippen LogP contribution in [0.2, 0.25) is 0 Å². The van der Waals surface area contributed by atoms with Crippen molar-refractivity contribution in [3.8, 4) is 5.75 Å². The number of benzene rings is 2. The summed E-state index contributed by atoms with van der Waals surface area (Å²) in [7, 11) is 1.67. The smallest absolute Gasteiger partial charge is 0.335 e. The number of hydrogen-bond donors (Lipinski definition) is 1. The van der Waals surface area contributed by atoms with E-state index in [0.717, 1.165) is 24.2 Å². The third-order valence-electron chi connectivity index (χ3n) is 4.64. The largest absolute Gasteiger partial charge is 0.496 e. The molecular formula is C20H21NO4. The topological polar surface area (TPSA) is 66.8 Å². The van der Waals surface area contributed by atoms with Gasteiger partial charge < -0.3 is 14.7 Å². The average Bonchev–Trinajstić information content (AvgIpc) is 2.84. The molecule has 2 aromatic carbocycles. The van der Waals surface area contributed by atoms with Gasteiger partial charge in [-0.25, -0.2) is 4.79 Å². The van der Waals surface area contributed by atoms with E-state index in [1.807, 2.05) is 17.0 Å². The van der Waals surface area contributed by atoms with Crippen molar-refractivity contribution in [2.24, 2.45) is 0 Å². The Morgan fingerprint density at radius 2 is 1.80 bits per heavy atom. The van der Waals surface area contributed by atoms with Crippen molar-refractivity contribution in [1.82, 2.24) is 4.90 Å². The number of carboxylic acid groups (broad SMARTS) is 1. The Morgan fingerprint density at radius 1 is 1.08 bits per heavy atom. The molecule has 0 bridgehead atoms. The van der Waals surface area contributed by atoms with Crippen LogP contribution >= 0.6 is 0 Å². The number of nitrogens with zero attached hydrogens (tertiary/aromatic N) is 1. The molecule has 1 aliphatic heterocycles. The highest BCUT2D eigenvalue weighted by Crippen LogP contribution is 2.26. The number of amides is 1. The Labute approximate surface area is 146 Å². The lowest BCUT2D eigenvalue weighted by molar-refractivity contribution is -0.130. The molecule has 2 aromatic rings. The number of carbonyl (C=O) groups is 2. The first-order valence-electron chi connectivity index (χ1n) is 8.33. The molecule has 0 saturated carbocycles. The quantitative estimate of drug-likeness (QED) is 0.930. The molecule has 1 heterocycles. The second-order valence-electron chi connectivity index (χ2n) is 6.16. The standard InChI is InChI=1S/C20H21NO4/c1-25-18-4-2-3-15-9-11-21(12-10-17(15)18)19(22)13-14-5-7-16(8-6-14)20(23)24/h2-8H,9-13H2,1H3,(H,23,24). The van der Waals surface area contributed by atoms with Gasteiger partial charge >= 0.3 is 5.97 Å². The number of methoxy groups -OCH3 is 1. The molecule has 0 fully saturated rings. The van der Waals surface area contributed by atoms with Crippen molar-refractivity contribution in [1.29, 1.82) is 0 Å². The summed E-state index contributed by atoms with van der Waals surface area (Å²) in [5.41, 5.74) is 3.48. The fraction of sp³-hybridized carbons (Fsp3) is 0.300. The first-order valence-corrected chi connectivity index (χ1v) is 8.33. The monoisotopic (exact) mass is 339 g/mol. The van der Waals surface area contributed by atoms with Gasteiger partial charge in [0, 0.05) is 13.1 Å². The molecule has 5 heteroatoms. The molecule has 130 valence electrons. The molecule has 25 heavy (non-hydrogen) atoms. The van der Waals surface area contributed by atoms with Crippen LogP contribution in [-0.4, -0.2) is 42.1 Å². The maximum absolute atomic E-state index is 12.6. The van der Waals surface area contributed by atoms with E-state index >= 15 is 0 Å². The molecule has 0 spiro atoms. The number of hydrogen-bond acceptors (Lipinski definition) is 3. The van der Waals surface area contributed by atoms with Crippen molar-refractivity contribution < 1.29 is 19.4 Å². The molecule has 1 aliphatic rings. The predicted octanol–water partition coefficient (Wildman–Crippen LogP) is 2.56. The van der Waals surface area contributed by atoms with Crippen molar-refractivity contribution in [3.63, 3.8) is 0 Å². The first kappa shape index (κ1) is 17.0. The van der Waals surface area contributed by atoms with Crippen molar-refractivity contribution in [3.05, 3.63) is 64.7 Å². The molecule has 0 aliphatic carbocycles. The van der Waals surface area contributed by atoms with Gasteiger partial charge in [-0.05, 0) is 47.7 Å². The van der Waals surface area contributed by atoms with Crippen molar-refractivity contribution in [2.75, 3.05) is 20.2 Å². The van der Waals surface area contributed by atoms with E-state index in [9.17, 15) is 9.59 Å². The van der Waals surface area contributed by atoms with Crippen molar-refractivity contribution in [2.45, 2.75) is 19.3 Å². The van der Waals surface area contributed by atoms with Gasteiger partial charge in [0.2, 0.25) is 5.91 Å². The maximum Gasteiger partial charge on any atom is 0.335 e. The molecule has 5 nitrogen and oxygen atoms in total.